The third-order valence-corrected chi connectivity index (χ3v) is 3.82. The van der Waals surface area contributed by atoms with E-state index < -0.39 is 0 Å². The SMILES string of the molecule is CCOc1ccc2oc(C(=O)NCc3ccccc3F)c(C)c2c1. The van der Waals surface area contributed by atoms with Crippen molar-refractivity contribution in [2.24, 2.45) is 0 Å². The van der Waals surface area contributed by atoms with Gasteiger partial charge in [0, 0.05) is 23.1 Å². The van der Waals surface area contributed by atoms with Gasteiger partial charge >= 0.3 is 0 Å². The van der Waals surface area contributed by atoms with E-state index in [9.17, 15) is 9.18 Å². The Morgan fingerprint density at radius 1 is 1.25 bits per heavy atom. The van der Waals surface area contributed by atoms with Crippen LogP contribution in [0.3, 0.4) is 0 Å². The number of aryl methyl sites for hydroxylation is 1. The molecule has 0 saturated carbocycles. The maximum Gasteiger partial charge on any atom is 0.287 e. The first-order chi connectivity index (χ1) is 11.6. The van der Waals surface area contributed by atoms with Crippen molar-refractivity contribution in [3.63, 3.8) is 0 Å². The molecule has 0 fully saturated rings. The molecular formula is C19H18FNO3. The lowest BCUT2D eigenvalue weighted by Gasteiger charge is -2.05. The number of furan rings is 1. The number of amides is 1. The molecule has 4 nitrogen and oxygen atoms in total. The maximum absolute atomic E-state index is 13.6. The summed E-state index contributed by atoms with van der Waals surface area (Å²) in [5.41, 5.74) is 1.78. The van der Waals surface area contributed by atoms with Crippen LogP contribution in [0.2, 0.25) is 0 Å². The minimum absolute atomic E-state index is 0.103. The predicted molar refractivity (Wildman–Crippen MR) is 89.7 cm³/mol. The fraction of sp³-hybridized carbons (Fsp3) is 0.211. The third-order valence-electron chi connectivity index (χ3n) is 3.82. The van der Waals surface area contributed by atoms with E-state index in [4.69, 9.17) is 9.15 Å². The topological polar surface area (TPSA) is 51.5 Å². The van der Waals surface area contributed by atoms with Crippen LogP contribution in [-0.2, 0) is 6.54 Å². The molecule has 1 heterocycles. The van der Waals surface area contributed by atoms with Crippen LogP contribution in [0.1, 0.15) is 28.6 Å². The van der Waals surface area contributed by atoms with Crippen LogP contribution in [0.15, 0.2) is 46.9 Å². The molecule has 2 aromatic carbocycles. The van der Waals surface area contributed by atoms with Gasteiger partial charge in [-0.15, -0.1) is 0 Å². The van der Waals surface area contributed by atoms with Gasteiger partial charge in [0.25, 0.3) is 5.91 Å². The first-order valence-electron chi connectivity index (χ1n) is 7.77. The molecule has 0 saturated heterocycles. The van der Waals surface area contributed by atoms with Crippen LogP contribution in [0.25, 0.3) is 11.0 Å². The van der Waals surface area contributed by atoms with Crippen molar-refractivity contribution in [2.45, 2.75) is 20.4 Å². The van der Waals surface area contributed by atoms with Gasteiger partial charge in [0.15, 0.2) is 5.76 Å². The molecule has 5 heteroatoms. The quantitative estimate of drug-likeness (QED) is 0.764. The van der Waals surface area contributed by atoms with Gasteiger partial charge in [0.2, 0.25) is 0 Å². The van der Waals surface area contributed by atoms with Crippen molar-refractivity contribution in [3.8, 4) is 5.75 Å². The summed E-state index contributed by atoms with van der Waals surface area (Å²) in [6.45, 7) is 4.40. The number of hydrogen-bond donors (Lipinski definition) is 1. The summed E-state index contributed by atoms with van der Waals surface area (Å²) in [6.07, 6.45) is 0. The minimum atomic E-state index is -0.370. The second-order valence-corrected chi connectivity index (χ2v) is 5.42. The van der Waals surface area contributed by atoms with Crippen LogP contribution in [-0.4, -0.2) is 12.5 Å². The summed E-state index contributed by atoms with van der Waals surface area (Å²) in [6, 6.07) is 11.8. The van der Waals surface area contributed by atoms with E-state index in [1.165, 1.54) is 6.07 Å². The number of rotatable bonds is 5. The molecule has 0 aliphatic carbocycles. The van der Waals surface area contributed by atoms with Crippen LogP contribution in [0.4, 0.5) is 4.39 Å². The average Bonchev–Trinajstić information content (AvgIpc) is 2.91. The molecule has 0 bridgehead atoms. The molecule has 24 heavy (non-hydrogen) atoms. The lowest BCUT2D eigenvalue weighted by Crippen LogP contribution is -2.23. The summed E-state index contributed by atoms with van der Waals surface area (Å²) >= 11 is 0. The van der Waals surface area contributed by atoms with Gasteiger partial charge in [-0.3, -0.25) is 4.79 Å². The Morgan fingerprint density at radius 2 is 2.04 bits per heavy atom. The molecule has 0 unspecified atom stereocenters. The van der Waals surface area contributed by atoms with Crippen LogP contribution in [0, 0.1) is 12.7 Å². The molecule has 1 amide bonds. The fourth-order valence-corrected chi connectivity index (χ4v) is 2.57. The van der Waals surface area contributed by atoms with E-state index in [1.807, 2.05) is 19.9 Å². The van der Waals surface area contributed by atoms with Crippen LogP contribution in [0.5, 0.6) is 5.75 Å². The van der Waals surface area contributed by atoms with Gasteiger partial charge in [0.05, 0.1) is 6.61 Å². The average molecular weight is 327 g/mol. The standard InChI is InChI=1S/C19H18FNO3/c1-3-23-14-8-9-17-15(10-14)12(2)18(24-17)19(22)21-11-13-6-4-5-7-16(13)20/h4-10H,3,11H2,1-2H3,(H,21,22). The zero-order chi connectivity index (χ0) is 17.1. The summed E-state index contributed by atoms with van der Waals surface area (Å²) < 4.78 is 24.7. The van der Waals surface area contributed by atoms with Gasteiger partial charge in [-0.2, -0.15) is 0 Å². The number of hydrogen-bond acceptors (Lipinski definition) is 3. The molecule has 3 aromatic rings. The van der Waals surface area contributed by atoms with Crippen molar-refractivity contribution in [3.05, 3.63) is 65.2 Å². The lowest BCUT2D eigenvalue weighted by molar-refractivity contribution is 0.0924. The number of fused-ring (bicyclic) bond motifs is 1. The van der Waals surface area contributed by atoms with E-state index in [-0.39, 0.29) is 24.0 Å². The Kier molecular flexibility index (Phi) is 4.51. The summed E-state index contributed by atoms with van der Waals surface area (Å²) in [5.74, 6) is 0.243. The van der Waals surface area contributed by atoms with Crippen molar-refractivity contribution in [1.29, 1.82) is 0 Å². The highest BCUT2D eigenvalue weighted by molar-refractivity contribution is 5.99. The number of nitrogens with one attached hydrogen (secondary N) is 1. The lowest BCUT2D eigenvalue weighted by atomic mass is 10.1. The summed E-state index contributed by atoms with van der Waals surface area (Å²) in [7, 11) is 0. The molecule has 0 aliphatic rings. The van der Waals surface area contributed by atoms with Gasteiger partial charge in [-0.05, 0) is 38.1 Å². The Hall–Kier alpha value is -2.82. The molecule has 3 rings (SSSR count). The minimum Gasteiger partial charge on any atom is -0.494 e. The van der Waals surface area contributed by atoms with E-state index in [2.05, 4.69) is 5.32 Å². The Morgan fingerprint density at radius 3 is 2.79 bits per heavy atom. The zero-order valence-corrected chi connectivity index (χ0v) is 13.6. The first-order valence-corrected chi connectivity index (χ1v) is 7.77. The maximum atomic E-state index is 13.6. The smallest absolute Gasteiger partial charge is 0.287 e. The van der Waals surface area contributed by atoms with Gasteiger partial charge < -0.3 is 14.5 Å². The highest BCUT2D eigenvalue weighted by Crippen LogP contribution is 2.29. The first kappa shape index (κ1) is 16.1. The highest BCUT2D eigenvalue weighted by atomic mass is 19.1. The van der Waals surface area contributed by atoms with Crippen LogP contribution >= 0.6 is 0 Å². The second-order valence-electron chi connectivity index (χ2n) is 5.42. The molecule has 1 aromatic heterocycles. The van der Waals surface area contributed by atoms with Gasteiger partial charge in [0.1, 0.15) is 17.1 Å². The monoisotopic (exact) mass is 327 g/mol. The Bertz CT molecular complexity index is 885. The van der Waals surface area contributed by atoms with E-state index >= 15 is 0 Å². The molecule has 0 radical (unpaired) electrons. The van der Waals surface area contributed by atoms with Crippen molar-refractivity contribution >= 4 is 16.9 Å². The van der Waals surface area contributed by atoms with Crippen molar-refractivity contribution in [2.75, 3.05) is 6.61 Å². The van der Waals surface area contributed by atoms with Gasteiger partial charge in [-0.1, -0.05) is 18.2 Å². The fourth-order valence-electron chi connectivity index (χ4n) is 2.57. The van der Waals surface area contributed by atoms with E-state index in [0.717, 1.165) is 16.7 Å². The molecule has 0 aliphatic heterocycles. The predicted octanol–water partition coefficient (Wildman–Crippen LogP) is 4.21. The molecule has 0 atom stereocenters. The highest BCUT2D eigenvalue weighted by Gasteiger charge is 2.18. The Labute approximate surface area is 139 Å². The Balaban J connectivity index is 1.82. The number of benzene rings is 2. The van der Waals surface area contributed by atoms with Crippen molar-refractivity contribution < 1.29 is 18.3 Å². The van der Waals surface area contributed by atoms with E-state index in [1.54, 1.807) is 30.3 Å². The number of halogens is 1. The normalized spacial score (nSPS) is 10.8. The number of carbonyl (C=O) groups excluding carboxylic acids is 1. The number of carbonyl (C=O) groups is 1. The van der Waals surface area contributed by atoms with Crippen molar-refractivity contribution in [1.82, 2.24) is 5.32 Å². The molecular weight excluding hydrogens is 309 g/mol. The molecule has 1 N–H and O–H groups in total. The molecule has 0 spiro atoms. The van der Waals surface area contributed by atoms with E-state index in [0.29, 0.717) is 17.8 Å². The largest absolute Gasteiger partial charge is 0.494 e. The van der Waals surface area contributed by atoms with Crippen LogP contribution < -0.4 is 10.1 Å². The second kappa shape index (κ2) is 6.74. The van der Waals surface area contributed by atoms with Gasteiger partial charge in [-0.25, -0.2) is 4.39 Å². The zero-order valence-electron chi connectivity index (χ0n) is 13.6. The third kappa shape index (κ3) is 3.11. The molecule has 124 valence electrons. The summed E-state index contributed by atoms with van der Waals surface area (Å²) in [4.78, 5) is 12.4. The summed E-state index contributed by atoms with van der Waals surface area (Å²) in [5, 5.41) is 3.52. The number of ether oxygens (including phenoxy) is 1.